The predicted molar refractivity (Wildman–Crippen MR) is 79.3 cm³/mol. The summed E-state index contributed by atoms with van der Waals surface area (Å²) in [5.74, 6) is 6.16. The fourth-order valence-electron chi connectivity index (χ4n) is 2.78. The first-order valence-electron chi connectivity index (χ1n) is 7.33. The van der Waals surface area contributed by atoms with Crippen LogP contribution < -0.4 is 11.3 Å². The van der Waals surface area contributed by atoms with E-state index in [1.54, 1.807) is 6.07 Å². The lowest BCUT2D eigenvalue weighted by molar-refractivity contribution is 0.311. The Kier molecular flexibility index (Phi) is 7.03. The first kappa shape index (κ1) is 16.1. The third-order valence-electron chi connectivity index (χ3n) is 3.85. The smallest absolute Gasteiger partial charge is 0.123 e. The maximum absolute atomic E-state index is 13.1. The van der Waals surface area contributed by atoms with Gasteiger partial charge in [0, 0.05) is 6.04 Å². The number of halogens is 1. The number of hydrogen-bond donors (Lipinski definition) is 2. The molecule has 19 heavy (non-hydrogen) atoms. The first-order valence-corrected chi connectivity index (χ1v) is 7.33. The highest BCUT2D eigenvalue weighted by Gasteiger charge is 2.20. The molecule has 0 aliphatic rings. The number of nitrogens with two attached hydrogens (primary N) is 1. The van der Waals surface area contributed by atoms with Gasteiger partial charge in [-0.1, -0.05) is 32.8 Å². The Morgan fingerprint density at radius 3 is 2.32 bits per heavy atom. The summed E-state index contributed by atoms with van der Waals surface area (Å²) < 4.78 is 13.1. The van der Waals surface area contributed by atoms with Crippen LogP contribution in [0.4, 0.5) is 4.39 Å². The van der Waals surface area contributed by atoms with E-state index in [0.717, 1.165) is 12.0 Å². The SMILES string of the molecule is CCCC(CCC)C(Cc1ccc(F)cc1C)NN. The molecule has 0 heterocycles. The number of aryl methyl sites for hydroxylation is 1. The van der Waals surface area contributed by atoms with Crippen molar-refractivity contribution in [3.05, 3.63) is 35.1 Å². The van der Waals surface area contributed by atoms with Gasteiger partial charge < -0.3 is 0 Å². The molecule has 108 valence electrons. The summed E-state index contributed by atoms with van der Waals surface area (Å²) >= 11 is 0. The number of benzene rings is 1. The predicted octanol–water partition coefficient (Wildman–Crippen LogP) is 3.72. The topological polar surface area (TPSA) is 38.0 Å². The van der Waals surface area contributed by atoms with E-state index < -0.39 is 0 Å². The number of nitrogens with one attached hydrogen (secondary N) is 1. The van der Waals surface area contributed by atoms with E-state index in [0.29, 0.717) is 5.92 Å². The molecule has 0 spiro atoms. The van der Waals surface area contributed by atoms with Crippen LogP contribution in [0, 0.1) is 18.7 Å². The number of rotatable bonds is 8. The Balaban J connectivity index is 2.78. The van der Waals surface area contributed by atoms with E-state index in [9.17, 15) is 4.39 Å². The van der Waals surface area contributed by atoms with Crippen LogP contribution in [0.2, 0.25) is 0 Å². The number of hydrazine groups is 1. The Morgan fingerprint density at radius 2 is 1.84 bits per heavy atom. The van der Waals surface area contributed by atoms with E-state index in [2.05, 4.69) is 19.3 Å². The molecule has 0 bridgehead atoms. The zero-order valence-corrected chi connectivity index (χ0v) is 12.4. The van der Waals surface area contributed by atoms with Gasteiger partial charge in [-0.25, -0.2) is 4.39 Å². The van der Waals surface area contributed by atoms with Crippen molar-refractivity contribution < 1.29 is 4.39 Å². The standard InChI is InChI=1S/C16H27FN2/c1-4-6-13(7-5-2)16(19-18)11-14-8-9-15(17)10-12(14)3/h8-10,13,16,19H,4-7,11,18H2,1-3H3. The first-order chi connectivity index (χ1) is 9.12. The lowest BCUT2D eigenvalue weighted by Gasteiger charge is -2.27. The molecule has 0 radical (unpaired) electrons. The van der Waals surface area contributed by atoms with E-state index in [-0.39, 0.29) is 11.9 Å². The average molecular weight is 266 g/mol. The van der Waals surface area contributed by atoms with Gasteiger partial charge in [-0.3, -0.25) is 11.3 Å². The monoisotopic (exact) mass is 266 g/mol. The maximum Gasteiger partial charge on any atom is 0.123 e. The van der Waals surface area contributed by atoms with Gasteiger partial charge in [-0.2, -0.15) is 0 Å². The molecule has 2 nitrogen and oxygen atoms in total. The molecule has 1 aromatic carbocycles. The number of hydrogen-bond acceptors (Lipinski definition) is 2. The Hall–Kier alpha value is -0.930. The fourth-order valence-corrected chi connectivity index (χ4v) is 2.78. The van der Waals surface area contributed by atoms with Crippen molar-refractivity contribution in [2.45, 2.75) is 58.9 Å². The lowest BCUT2D eigenvalue weighted by Crippen LogP contribution is -2.42. The zero-order valence-electron chi connectivity index (χ0n) is 12.4. The van der Waals surface area contributed by atoms with Crippen LogP contribution in [0.25, 0.3) is 0 Å². The highest BCUT2D eigenvalue weighted by molar-refractivity contribution is 5.27. The summed E-state index contributed by atoms with van der Waals surface area (Å²) in [4.78, 5) is 0. The highest BCUT2D eigenvalue weighted by Crippen LogP contribution is 2.22. The van der Waals surface area contributed by atoms with E-state index >= 15 is 0 Å². The van der Waals surface area contributed by atoms with Crippen LogP contribution in [0.5, 0.6) is 0 Å². The van der Waals surface area contributed by atoms with Crippen LogP contribution in [0.1, 0.15) is 50.7 Å². The van der Waals surface area contributed by atoms with Crippen molar-refractivity contribution in [2.24, 2.45) is 11.8 Å². The minimum Gasteiger partial charge on any atom is -0.271 e. The van der Waals surface area contributed by atoms with Gasteiger partial charge >= 0.3 is 0 Å². The van der Waals surface area contributed by atoms with Crippen LogP contribution in [-0.4, -0.2) is 6.04 Å². The van der Waals surface area contributed by atoms with Gasteiger partial charge in [0.15, 0.2) is 0 Å². The molecule has 1 unspecified atom stereocenters. The summed E-state index contributed by atoms with van der Waals surface area (Å²) in [5.41, 5.74) is 5.16. The lowest BCUT2D eigenvalue weighted by atomic mass is 9.86. The van der Waals surface area contributed by atoms with Crippen LogP contribution >= 0.6 is 0 Å². The highest BCUT2D eigenvalue weighted by atomic mass is 19.1. The second-order valence-corrected chi connectivity index (χ2v) is 5.39. The average Bonchev–Trinajstić information content (AvgIpc) is 2.38. The van der Waals surface area contributed by atoms with Crippen molar-refractivity contribution in [1.82, 2.24) is 5.43 Å². The molecule has 1 rings (SSSR count). The minimum atomic E-state index is -0.169. The van der Waals surface area contributed by atoms with Crippen molar-refractivity contribution in [3.63, 3.8) is 0 Å². The molecule has 3 N–H and O–H groups in total. The van der Waals surface area contributed by atoms with E-state index in [1.807, 2.05) is 13.0 Å². The van der Waals surface area contributed by atoms with Crippen molar-refractivity contribution in [1.29, 1.82) is 0 Å². The summed E-state index contributed by atoms with van der Waals surface area (Å²) in [7, 11) is 0. The van der Waals surface area contributed by atoms with Gasteiger partial charge in [-0.15, -0.1) is 0 Å². The molecule has 0 aliphatic carbocycles. The Labute approximate surface area is 116 Å². The van der Waals surface area contributed by atoms with Gasteiger partial charge in [0.05, 0.1) is 0 Å². The van der Waals surface area contributed by atoms with Crippen LogP contribution in [0.15, 0.2) is 18.2 Å². The second kappa shape index (κ2) is 8.28. The van der Waals surface area contributed by atoms with Crippen LogP contribution in [-0.2, 0) is 6.42 Å². The van der Waals surface area contributed by atoms with Gasteiger partial charge in [0.25, 0.3) is 0 Å². The quantitative estimate of drug-likeness (QED) is 0.556. The molecule has 0 aliphatic heterocycles. The molecular weight excluding hydrogens is 239 g/mol. The molecule has 0 saturated heterocycles. The molecule has 1 aromatic rings. The van der Waals surface area contributed by atoms with Crippen molar-refractivity contribution >= 4 is 0 Å². The Bertz CT molecular complexity index is 373. The largest absolute Gasteiger partial charge is 0.271 e. The summed E-state index contributed by atoms with van der Waals surface area (Å²) in [6.45, 7) is 6.37. The van der Waals surface area contributed by atoms with Gasteiger partial charge in [0.2, 0.25) is 0 Å². The molecule has 1 atom stereocenters. The third kappa shape index (κ3) is 4.92. The maximum atomic E-state index is 13.1. The summed E-state index contributed by atoms with van der Waals surface area (Å²) in [6.07, 6.45) is 5.58. The molecule has 3 heteroatoms. The van der Waals surface area contributed by atoms with Gasteiger partial charge in [-0.05, 0) is 55.4 Å². The van der Waals surface area contributed by atoms with Crippen molar-refractivity contribution in [3.8, 4) is 0 Å². The van der Waals surface area contributed by atoms with E-state index in [4.69, 9.17) is 5.84 Å². The zero-order chi connectivity index (χ0) is 14.3. The fraction of sp³-hybridized carbons (Fsp3) is 0.625. The molecular formula is C16H27FN2. The third-order valence-corrected chi connectivity index (χ3v) is 3.85. The normalized spacial score (nSPS) is 12.9. The van der Waals surface area contributed by atoms with E-state index in [1.165, 1.54) is 37.3 Å². The summed E-state index contributed by atoms with van der Waals surface area (Å²) in [6, 6.07) is 5.27. The van der Waals surface area contributed by atoms with Gasteiger partial charge in [0.1, 0.15) is 5.82 Å². The molecule has 0 amide bonds. The Morgan fingerprint density at radius 1 is 1.21 bits per heavy atom. The van der Waals surface area contributed by atoms with Crippen molar-refractivity contribution in [2.75, 3.05) is 0 Å². The molecule has 0 aromatic heterocycles. The summed E-state index contributed by atoms with van der Waals surface area (Å²) in [5, 5.41) is 0. The van der Waals surface area contributed by atoms with Crippen LogP contribution in [0.3, 0.4) is 0 Å². The molecule has 0 saturated carbocycles. The minimum absolute atomic E-state index is 0.169. The molecule has 0 fully saturated rings. The second-order valence-electron chi connectivity index (χ2n) is 5.39.